The fourth-order valence-electron chi connectivity index (χ4n) is 1.17. The van der Waals surface area contributed by atoms with Crippen molar-refractivity contribution in [3.63, 3.8) is 0 Å². The van der Waals surface area contributed by atoms with Crippen molar-refractivity contribution in [2.45, 2.75) is 6.92 Å². The summed E-state index contributed by atoms with van der Waals surface area (Å²) >= 11 is 0. The molecule has 1 aromatic carbocycles. The molecule has 1 rings (SSSR count). The standard InChI is InChI=1S/C8H6N4O3/c1-4-6(12(14)15)2-5(3-9)7(10)8(4)11-13/h2H,10H2,1H3. The van der Waals surface area contributed by atoms with Crippen molar-refractivity contribution in [3.8, 4) is 6.07 Å². The molecule has 0 aliphatic carbocycles. The van der Waals surface area contributed by atoms with Crippen LogP contribution in [0.1, 0.15) is 11.1 Å². The molecule has 0 atom stereocenters. The number of nitrogens with two attached hydrogens (primary N) is 1. The van der Waals surface area contributed by atoms with Crippen molar-refractivity contribution in [1.29, 1.82) is 5.26 Å². The monoisotopic (exact) mass is 206 g/mol. The minimum absolute atomic E-state index is 0.0616. The van der Waals surface area contributed by atoms with Gasteiger partial charge in [-0.1, -0.05) is 0 Å². The molecule has 7 nitrogen and oxygen atoms in total. The minimum atomic E-state index is -0.690. The number of hydrogen-bond acceptors (Lipinski definition) is 6. The van der Waals surface area contributed by atoms with E-state index in [-0.39, 0.29) is 28.2 Å². The second-order valence-corrected chi connectivity index (χ2v) is 2.79. The van der Waals surface area contributed by atoms with Crippen LogP contribution < -0.4 is 5.73 Å². The Labute approximate surface area is 84.2 Å². The van der Waals surface area contributed by atoms with Crippen molar-refractivity contribution < 1.29 is 4.92 Å². The first-order valence-electron chi connectivity index (χ1n) is 3.83. The van der Waals surface area contributed by atoms with Crippen molar-refractivity contribution in [3.05, 3.63) is 32.2 Å². The lowest BCUT2D eigenvalue weighted by Gasteiger charge is -2.04. The van der Waals surface area contributed by atoms with E-state index in [0.29, 0.717) is 0 Å². The Kier molecular flexibility index (Phi) is 2.62. The number of nitro groups is 1. The number of nitrogens with zero attached hydrogens (tertiary/aromatic N) is 3. The average Bonchev–Trinajstić information content (AvgIpc) is 2.18. The van der Waals surface area contributed by atoms with E-state index < -0.39 is 4.92 Å². The molecule has 0 fully saturated rings. The third-order valence-corrected chi connectivity index (χ3v) is 1.97. The van der Waals surface area contributed by atoms with E-state index in [2.05, 4.69) is 5.18 Å². The molecular formula is C8H6N4O3. The SMILES string of the molecule is Cc1c([N+](=O)[O-])cc(C#N)c(N)c1N=O. The zero-order valence-electron chi connectivity index (χ0n) is 7.72. The van der Waals surface area contributed by atoms with E-state index in [1.165, 1.54) is 6.92 Å². The predicted octanol–water partition coefficient (Wildman–Crippen LogP) is 1.75. The lowest BCUT2D eigenvalue weighted by atomic mass is 10.1. The van der Waals surface area contributed by atoms with Crippen LogP contribution in [0.4, 0.5) is 17.1 Å². The molecule has 0 aliphatic rings. The number of benzene rings is 1. The van der Waals surface area contributed by atoms with Gasteiger partial charge in [-0.3, -0.25) is 10.1 Å². The molecule has 0 unspecified atom stereocenters. The van der Waals surface area contributed by atoms with Gasteiger partial charge in [-0.15, -0.1) is 4.91 Å². The van der Waals surface area contributed by atoms with Gasteiger partial charge in [-0.2, -0.15) is 5.26 Å². The third kappa shape index (κ3) is 1.60. The molecule has 0 saturated heterocycles. The molecular weight excluding hydrogens is 200 g/mol. The highest BCUT2D eigenvalue weighted by atomic mass is 16.6. The molecule has 7 heteroatoms. The van der Waals surface area contributed by atoms with Gasteiger partial charge in [0.15, 0.2) is 0 Å². The van der Waals surface area contributed by atoms with Crippen LogP contribution in [-0.4, -0.2) is 4.92 Å². The Morgan fingerprint density at radius 3 is 2.67 bits per heavy atom. The summed E-state index contributed by atoms with van der Waals surface area (Å²) in [7, 11) is 0. The summed E-state index contributed by atoms with van der Waals surface area (Å²) in [6, 6.07) is 2.69. The highest BCUT2D eigenvalue weighted by Crippen LogP contribution is 2.35. The Balaban J connectivity index is 3.67. The number of nitroso groups, excluding NO2 is 1. The van der Waals surface area contributed by atoms with E-state index in [1.54, 1.807) is 6.07 Å². The van der Waals surface area contributed by atoms with Crippen molar-refractivity contribution in [2.75, 3.05) is 5.73 Å². The topological polar surface area (TPSA) is 122 Å². The van der Waals surface area contributed by atoms with E-state index in [9.17, 15) is 15.0 Å². The Morgan fingerprint density at radius 2 is 2.27 bits per heavy atom. The van der Waals surface area contributed by atoms with Gasteiger partial charge < -0.3 is 5.73 Å². The third-order valence-electron chi connectivity index (χ3n) is 1.97. The zero-order chi connectivity index (χ0) is 11.6. The summed E-state index contributed by atoms with van der Waals surface area (Å²) in [5.41, 5.74) is 4.66. The van der Waals surface area contributed by atoms with E-state index >= 15 is 0 Å². The highest BCUT2D eigenvalue weighted by molar-refractivity contribution is 5.77. The number of nitriles is 1. The summed E-state index contributed by atoms with van der Waals surface area (Å²) < 4.78 is 0. The first-order valence-corrected chi connectivity index (χ1v) is 3.83. The summed E-state index contributed by atoms with van der Waals surface area (Å²) in [4.78, 5) is 20.3. The van der Waals surface area contributed by atoms with Gasteiger partial charge >= 0.3 is 0 Å². The molecule has 2 N–H and O–H groups in total. The molecule has 0 amide bonds. The minimum Gasteiger partial charge on any atom is -0.396 e. The molecule has 1 aromatic rings. The maximum atomic E-state index is 10.6. The molecule has 0 aromatic heterocycles. The van der Waals surface area contributed by atoms with Crippen molar-refractivity contribution in [1.82, 2.24) is 0 Å². The molecule has 0 bridgehead atoms. The highest BCUT2D eigenvalue weighted by Gasteiger charge is 2.20. The molecule has 76 valence electrons. The summed E-state index contributed by atoms with van der Waals surface area (Å²) in [5, 5.41) is 21.8. The van der Waals surface area contributed by atoms with Crippen LogP contribution >= 0.6 is 0 Å². The summed E-state index contributed by atoms with van der Waals surface area (Å²) in [6.07, 6.45) is 0. The second kappa shape index (κ2) is 3.71. The number of nitro benzene ring substituents is 1. The van der Waals surface area contributed by atoms with Gasteiger partial charge in [0.05, 0.1) is 21.7 Å². The Hall–Kier alpha value is -2.49. The van der Waals surface area contributed by atoms with E-state index in [0.717, 1.165) is 6.07 Å². The van der Waals surface area contributed by atoms with Crippen LogP contribution in [0, 0.1) is 33.3 Å². The van der Waals surface area contributed by atoms with Crippen molar-refractivity contribution in [2.24, 2.45) is 5.18 Å². The lowest BCUT2D eigenvalue weighted by Crippen LogP contribution is -1.98. The molecule has 0 aliphatic heterocycles. The van der Waals surface area contributed by atoms with Gasteiger partial charge in [-0.25, -0.2) is 0 Å². The molecule has 0 saturated carbocycles. The van der Waals surface area contributed by atoms with Crippen LogP contribution in [0.25, 0.3) is 0 Å². The van der Waals surface area contributed by atoms with Gasteiger partial charge in [0.25, 0.3) is 5.69 Å². The van der Waals surface area contributed by atoms with Gasteiger partial charge in [0, 0.05) is 6.07 Å². The largest absolute Gasteiger partial charge is 0.396 e. The average molecular weight is 206 g/mol. The van der Waals surface area contributed by atoms with Crippen LogP contribution in [0.2, 0.25) is 0 Å². The van der Waals surface area contributed by atoms with Crippen LogP contribution in [0.5, 0.6) is 0 Å². The number of rotatable bonds is 2. The van der Waals surface area contributed by atoms with Gasteiger partial charge in [0.1, 0.15) is 11.8 Å². The predicted molar refractivity (Wildman–Crippen MR) is 52.4 cm³/mol. The molecule has 0 radical (unpaired) electrons. The van der Waals surface area contributed by atoms with E-state index in [4.69, 9.17) is 11.0 Å². The Morgan fingerprint density at radius 1 is 1.67 bits per heavy atom. The quantitative estimate of drug-likeness (QED) is 0.341. The smallest absolute Gasteiger partial charge is 0.276 e. The van der Waals surface area contributed by atoms with Gasteiger partial charge in [-0.05, 0) is 12.1 Å². The summed E-state index contributed by atoms with van der Waals surface area (Å²) in [5.74, 6) is 0. The maximum Gasteiger partial charge on any atom is 0.276 e. The fourth-order valence-corrected chi connectivity index (χ4v) is 1.17. The lowest BCUT2D eigenvalue weighted by molar-refractivity contribution is -0.385. The normalized spacial score (nSPS) is 9.33. The molecule has 0 heterocycles. The number of hydrogen-bond donors (Lipinski definition) is 1. The first kappa shape index (κ1) is 10.6. The number of anilines is 1. The molecule has 0 spiro atoms. The molecule has 15 heavy (non-hydrogen) atoms. The van der Waals surface area contributed by atoms with Crippen LogP contribution in [-0.2, 0) is 0 Å². The fraction of sp³-hybridized carbons (Fsp3) is 0.125. The second-order valence-electron chi connectivity index (χ2n) is 2.79. The van der Waals surface area contributed by atoms with Crippen LogP contribution in [0.15, 0.2) is 11.2 Å². The zero-order valence-corrected chi connectivity index (χ0v) is 7.72. The van der Waals surface area contributed by atoms with Gasteiger partial charge in [0.2, 0.25) is 0 Å². The summed E-state index contributed by atoms with van der Waals surface area (Å²) in [6.45, 7) is 1.35. The van der Waals surface area contributed by atoms with Crippen LogP contribution in [0.3, 0.4) is 0 Å². The Bertz CT molecular complexity index is 490. The van der Waals surface area contributed by atoms with Crippen molar-refractivity contribution >= 4 is 17.1 Å². The van der Waals surface area contributed by atoms with E-state index in [1.807, 2.05) is 0 Å². The first-order chi connectivity index (χ1) is 7.02. The number of nitrogen functional groups attached to an aromatic ring is 1. The maximum absolute atomic E-state index is 10.6.